The first kappa shape index (κ1) is 53.1. The van der Waals surface area contributed by atoms with Crippen LogP contribution in [-0.2, 0) is 57.2 Å². The summed E-state index contributed by atoms with van der Waals surface area (Å²) in [5.41, 5.74) is 1.11. The molecular formula is C53H39Cl4N7O14S2. The maximum atomic E-state index is 14.0. The van der Waals surface area contributed by atoms with Crippen molar-refractivity contribution < 1.29 is 66.0 Å². The van der Waals surface area contributed by atoms with E-state index in [4.69, 9.17) is 70.1 Å². The van der Waals surface area contributed by atoms with Gasteiger partial charge in [-0.15, -0.1) is 16.9 Å². The molecule has 2 N–H and O–H groups in total. The number of ether oxygens (including phenoxy) is 5. The molecule has 6 aromatic rings. The Kier molecular flexibility index (Phi) is 13.0. The number of aromatic nitrogens is 3. The number of sulfone groups is 1. The lowest BCUT2D eigenvalue weighted by Gasteiger charge is -2.50. The minimum atomic E-state index is -4.09. The second-order valence-corrected chi connectivity index (χ2v) is 24.6. The first-order valence-corrected chi connectivity index (χ1v) is 28.3. The van der Waals surface area contributed by atoms with Gasteiger partial charge in [-0.3, -0.25) is 24.0 Å². The van der Waals surface area contributed by atoms with Gasteiger partial charge < -0.3 is 43.9 Å². The highest BCUT2D eigenvalue weighted by Gasteiger charge is 2.70. The summed E-state index contributed by atoms with van der Waals surface area (Å²) in [7, 11) is -2.22. The smallest absolute Gasteiger partial charge is 0.489 e. The highest BCUT2D eigenvalue weighted by Crippen LogP contribution is 2.61. The minimum absolute atomic E-state index is 0.00567. The molecule has 5 aromatic carbocycles. The number of amides is 3. The molecule has 12 rings (SSSR count). The standard InChI is InChI=1S/C53H39Cl4N7O14S2/c1-52(24-62-17-16-58-60-62)45(63-35(65)20-36(63)80(52,72)73)46(66)59-43-47(67)64-44(49(68)69)26(23-79-48(43)64)22-74-29-11-8-25(9-12-29)21-75-51(71)76-30-13-15-32-34(19-30)77-33-18-28(61(2)27-6-4-3-5-7-27)10-14-31(33)53(32)38-37(50(70)78-53)39(54)41(56)42(57)40(38)55/h3-19,36,43,45,48H,20-24H2,1-2H3,(H,59,66)(H,68,69)/t36-,43-,45+,48-,52?,53?/m1/s1. The number of carbonyl (C=O) groups excluding carboxylic acids is 5. The maximum absolute atomic E-state index is 14.0. The molecule has 410 valence electrons. The molecule has 0 bridgehead atoms. The maximum Gasteiger partial charge on any atom is 0.514 e. The number of para-hydroxylation sites is 1. The molecule has 3 saturated heterocycles. The predicted octanol–water partition coefficient (Wildman–Crippen LogP) is 7.87. The molecule has 1 spiro atoms. The Labute approximate surface area is 478 Å². The monoisotopic (exact) mass is 1200 g/mol. The van der Waals surface area contributed by atoms with Gasteiger partial charge in [-0.2, -0.15) is 0 Å². The molecule has 0 aliphatic carbocycles. The van der Waals surface area contributed by atoms with Gasteiger partial charge in [-0.05, 0) is 61.0 Å². The van der Waals surface area contributed by atoms with Crippen molar-refractivity contribution in [2.75, 3.05) is 24.3 Å². The normalized spacial score (nSPS) is 23.6. The number of nitrogens with zero attached hydrogens (tertiary/aromatic N) is 6. The zero-order valence-corrected chi connectivity index (χ0v) is 46.1. The molecule has 21 nitrogen and oxygen atoms in total. The van der Waals surface area contributed by atoms with E-state index in [-0.39, 0.29) is 91.7 Å². The van der Waals surface area contributed by atoms with Crippen LogP contribution >= 0.6 is 58.2 Å². The zero-order chi connectivity index (χ0) is 56.3. The largest absolute Gasteiger partial charge is 0.514 e. The molecular weight excluding hydrogens is 1160 g/mol. The lowest BCUT2D eigenvalue weighted by molar-refractivity contribution is -0.154. The van der Waals surface area contributed by atoms with Crippen LogP contribution in [0, 0.1) is 0 Å². The summed E-state index contributed by atoms with van der Waals surface area (Å²) in [6.07, 6.45) is 1.42. The van der Waals surface area contributed by atoms with E-state index in [1.54, 1.807) is 42.5 Å². The Balaban J connectivity index is 0.705. The Morgan fingerprint density at radius 1 is 0.887 bits per heavy atom. The summed E-state index contributed by atoms with van der Waals surface area (Å²) in [5, 5.41) is 18.0. The lowest BCUT2D eigenvalue weighted by atomic mass is 9.77. The van der Waals surface area contributed by atoms with E-state index >= 15 is 0 Å². The fraction of sp³-hybridized carbons (Fsp3) is 0.245. The molecule has 1 aromatic heterocycles. The summed E-state index contributed by atoms with van der Waals surface area (Å²) in [6, 6.07) is 23.0. The average molecular weight is 1200 g/mol. The number of fused-ring (bicyclic) bond motifs is 8. The number of aliphatic carboxylic acids is 1. The number of carboxylic acid groups (broad SMARTS) is 1. The Bertz CT molecular complexity index is 3840. The van der Waals surface area contributed by atoms with Gasteiger partial charge in [0.1, 0.15) is 69.5 Å². The number of thioether (sulfide) groups is 1. The van der Waals surface area contributed by atoms with E-state index < -0.39 is 78.8 Å². The third kappa shape index (κ3) is 8.21. The number of hydrogen-bond acceptors (Lipinski definition) is 17. The highest BCUT2D eigenvalue weighted by molar-refractivity contribution is 8.00. The topological polar surface area (TPSA) is 255 Å². The van der Waals surface area contributed by atoms with Gasteiger partial charge in [0.05, 0.1) is 44.8 Å². The van der Waals surface area contributed by atoms with Crippen molar-refractivity contribution in [3.63, 3.8) is 0 Å². The number of esters is 1. The lowest BCUT2D eigenvalue weighted by Crippen LogP contribution is -2.73. The number of nitrogens with one attached hydrogen (secondary N) is 1. The van der Waals surface area contributed by atoms with Crippen LogP contribution in [-0.4, -0.2) is 121 Å². The van der Waals surface area contributed by atoms with Crippen LogP contribution in [0.4, 0.5) is 16.2 Å². The number of halogens is 4. The van der Waals surface area contributed by atoms with Crippen LogP contribution in [0.15, 0.2) is 115 Å². The van der Waals surface area contributed by atoms with Gasteiger partial charge >= 0.3 is 18.1 Å². The summed E-state index contributed by atoms with van der Waals surface area (Å²) >= 11 is 27.8. The summed E-state index contributed by atoms with van der Waals surface area (Å²) in [4.78, 5) is 84.1. The van der Waals surface area contributed by atoms with Crippen molar-refractivity contribution >= 4 is 115 Å². The first-order valence-electron chi connectivity index (χ1n) is 24.2. The number of rotatable bonds is 13. The fourth-order valence-electron chi connectivity index (χ4n) is 11.0. The predicted molar refractivity (Wildman–Crippen MR) is 288 cm³/mol. The third-order valence-electron chi connectivity index (χ3n) is 14.9. The number of β-lactam (4-membered cyclic amide) rings is 2. The molecule has 80 heavy (non-hydrogen) atoms. The quantitative estimate of drug-likeness (QED) is 0.0366. The van der Waals surface area contributed by atoms with Crippen molar-refractivity contribution in [3.8, 4) is 23.0 Å². The molecule has 6 aliphatic rings. The Morgan fingerprint density at radius 3 is 2.29 bits per heavy atom. The first-order chi connectivity index (χ1) is 38.2. The summed E-state index contributed by atoms with van der Waals surface area (Å²) in [6.45, 7) is 0.592. The van der Waals surface area contributed by atoms with Crippen molar-refractivity contribution in [3.05, 3.63) is 163 Å². The molecule has 7 heterocycles. The van der Waals surface area contributed by atoms with Crippen LogP contribution in [0.5, 0.6) is 23.0 Å². The average Bonchev–Trinajstić information content (AvgIpc) is 4.11. The number of carboxylic acids is 1. The molecule has 6 atom stereocenters. The molecule has 2 unspecified atom stereocenters. The van der Waals surface area contributed by atoms with E-state index in [9.17, 15) is 42.3 Å². The van der Waals surface area contributed by atoms with Crippen LogP contribution in [0.25, 0.3) is 0 Å². The van der Waals surface area contributed by atoms with Gasteiger partial charge in [0, 0.05) is 64.8 Å². The van der Waals surface area contributed by atoms with Crippen molar-refractivity contribution in [1.29, 1.82) is 0 Å². The SMILES string of the molecule is CN(c1ccccc1)c1ccc2c(c1)Oc1cc(OC(=O)OCc3ccc(OCC4=C(C(=O)O)N5C(=O)[C@@H](NC(=O)[C@@H]6N7C(=O)C[C@H]7S(=O)(=O)C6(C)Cn6ccnn6)[C@H]5SC4)cc3)ccc1C21OC(=O)c2c(Cl)c(Cl)c(Cl)c(Cl)c21. The van der Waals surface area contributed by atoms with Crippen LogP contribution < -0.4 is 24.4 Å². The van der Waals surface area contributed by atoms with Gasteiger partial charge in [0.25, 0.3) is 5.91 Å². The minimum Gasteiger partial charge on any atom is -0.489 e. The molecule has 0 radical (unpaired) electrons. The van der Waals surface area contributed by atoms with Crippen molar-refractivity contribution in [2.24, 2.45) is 0 Å². The van der Waals surface area contributed by atoms with E-state index in [2.05, 4.69) is 15.6 Å². The van der Waals surface area contributed by atoms with Crippen LogP contribution in [0.1, 0.15) is 46.0 Å². The van der Waals surface area contributed by atoms with Crippen molar-refractivity contribution in [2.45, 2.75) is 59.7 Å². The van der Waals surface area contributed by atoms with Crippen LogP contribution in [0.2, 0.25) is 20.1 Å². The van der Waals surface area contributed by atoms with Gasteiger partial charge in [-0.1, -0.05) is 81.9 Å². The Morgan fingerprint density at radius 2 is 1.59 bits per heavy atom. The summed E-state index contributed by atoms with van der Waals surface area (Å²) < 4.78 is 56.6. The van der Waals surface area contributed by atoms with E-state index in [1.807, 2.05) is 48.3 Å². The van der Waals surface area contributed by atoms with Crippen molar-refractivity contribution in [1.82, 2.24) is 30.1 Å². The number of hydrogen-bond donors (Lipinski definition) is 2. The zero-order valence-electron chi connectivity index (χ0n) is 41.4. The molecule has 0 saturated carbocycles. The fourth-order valence-corrected chi connectivity index (χ4v) is 15.7. The second-order valence-electron chi connectivity index (χ2n) is 19.5. The van der Waals surface area contributed by atoms with Crippen LogP contribution in [0.3, 0.4) is 0 Å². The van der Waals surface area contributed by atoms with E-state index in [0.717, 1.165) is 15.5 Å². The number of anilines is 2. The highest BCUT2D eigenvalue weighted by atomic mass is 35.5. The van der Waals surface area contributed by atoms with E-state index in [0.29, 0.717) is 28.1 Å². The number of carbonyl (C=O) groups is 6. The summed E-state index contributed by atoms with van der Waals surface area (Å²) in [5.74, 6) is -3.54. The molecule has 27 heteroatoms. The van der Waals surface area contributed by atoms with Gasteiger partial charge in [-0.25, -0.2) is 22.8 Å². The number of benzene rings is 5. The van der Waals surface area contributed by atoms with Gasteiger partial charge in [0.2, 0.25) is 11.8 Å². The Hall–Kier alpha value is -7.54. The molecule has 3 fully saturated rings. The molecule has 3 amide bonds. The van der Waals surface area contributed by atoms with Gasteiger partial charge in [0.15, 0.2) is 15.4 Å². The second kappa shape index (κ2) is 19.6. The molecule has 6 aliphatic heterocycles. The third-order valence-corrected chi connectivity index (χ3v) is 20.9. The van der Waals surface area contributed by atoms with E-state index in [1.165, 1.54) is 47.9 Å².